The Morgan fingerprint density at radius 1 is 0.382 bits per heavy atom. The van der Waals surface area contributed by atoms with Crippen LogP contribution in [-0.2, 0) is 0 Å². The van der Waals surface area contributed by atoms with Crippen LogP contribution in [0.25, 0.3) is 164 Å². The minimum Gasteiger partial charge on any atom is -0.455 e. The predicted octanol–water partition coefficient (Wildman–Crippen LogP) is 18.2. The molecular weight excluding hydrogens is 937 g/mol. The van der Waals surface area contributed by atoms with Crippen molar-refractivity contribution in [2.45, 2.75) is 0 Å². The van der Waals surface area contributed by atoms with Crippen LogP contribution in [0.1, 0.15) is 5.56 Å². The van der Waals surface area contributed by atoms with Gasteiger partial charge >= 0.3 is 0 Å². The fourth-order valence-electron chi connectivity index (χ4n) is 12.8. The number of benzene rings is 10. The molecule has 0 unspecified atom stereocenters. The normalized spacial score (nSPS) is 12.2. The molecule has 7 aromatic heterocycles. The van der Waals surface area contributed by atoms with Gasteiger partial charge in [-0.05, 0) is 90.5 Å². The van der Waals surface area contributed by atoms with Crippen LogP contribution in [0.15, 0.2) is 220 Å². The number of hydrogen-bond acceptors (Lipinski definition) is 5. The summed E-state index contributed by atoms with van der Waals surface area (Å²) < 4.78 is 27.2. The van der Waals surface area contributed by atoms with E-state index >= 15 is 0 Å². The summed E-state index contributed by atoms with van der Waals surface area (Å²) in [5.74, 6) is 0. The Balaban J connectivity index is 1.15. The predicted molar refractivity (Wildman–Crippen MR) is 306 cm³/mol. The van der Waals surface area contributed by atoms with E-state index in [2.05, 4.69) is 133 Å². The van der Waals surface area contributed by atoms with Crippen molar-refractivity contribution in [2.24, 2.45) is 0 Å². The van der Waals surface area contributed by atoms with Crippen molar-refractivity contribution in [1.29, 1.82) is 5.26 Å². The molecule has 0 aliphatic carbocycles. The fraction of sp³-hybridized carbons (Fsp3) is 0. The maximum Gasteiger partial charge on any atom is 0.232 e. The second kappa shape index (κ2) is 14.9. The number of para-hydroxylation sites is 6. The molecule has 0 aliphatic rings. The Bertz CT molecular complexity index is 5510. The summed E-state index contributed by atoms with van der Waals surface area (Å²) in [4.78, 5) is 9.14. The van der Waals surface area contributed by atoms with Crippen molar-refractivity contribution >= 4 is 137 Å². The number of hydrogen-bond donors (Lipinski definition) is 0. The van der Waals surface area contributed by atoms with Crippen LogP contribution in [0.3, 0.4) is 0 Å². The quantitative estimate of drug-likeness (QED) is 0.164. The van der Waals surface area contributed by atoms with Gasteiger partial charge < -0.3 is 27.0 Å². The molecule has 0 amide bonds. The van der Waals surface area contributed by atoms with E-state index in [-0.39, 0.29) is 11.3 Å². The van der Waals surface area contributed by atoms with E-state index in [0.29, 0.717) is 17.1 Å². The minimum atomic E-state index is 0.184. The highest BCUT2D eigenvalue weighted by molar-refractivity contribution is 6.28. The molecule has 0 saturated heterocycles. The van der Waals surface area contributed by atoms with Gasteiger partial charge in [0.2, 0.25) is 5.69 Å². The van der Waals surface area contributed by atoms with Gasteiger partial charge in [0.25, 0.3) is 0 Å². The summed E-state index contributed by atoms with van der Waals surface area (Å²) in [7, 11) is 0. The molecule has 0 radical (unpaired) electrons. The first-order valence-corrected chi connectivity index (χ1v) is 25.1. The third-order valence-electron chi connectivity index (χ3n) is 15.8. The zero-order valence-corrected chi connectivity index (χ0v) is 40.0. The van der Waals surface area contributed by atoms with Crippen molar-refractivity contribution in [3.05, 3.63) is 223 Å². The maximum atomic E-state index is 12.2. The lowest BCUT2D eigenvalue weighted by Crippen LogP contribution is -2.12. The molecular formula is C67H34N6O3. The standard InChI is InChI=1S/C67H34N6O3/c1-69-61-47(36-68)62(71-48-20-8-2-17-44(48)58-51(71)29-26-41-38-14-5-11-23-54(38)74-65(41)58)57(37-32-34-70-35-33-37)63(72-49-21-9-3-18-45(49)59-52(72)30-27-42-39-15-6-12-24-55(39)75-66(42)59)64(61)73-50-22-10-4-19-46(50)60-53(73)31-28-43-40-16-7-13-25-56(40)76-67(43)60/h2-35H. The van der Waals surface area contributed by atoms with Gasteiger partial charge in [0.15, 0.2) is 0 Å². The smallest absolute Gasteiger partial charge is 0.232 e. The molecule has 9 nitrogen and oxygen atoms in total. The Kier molecular flexibility index (Phi) is 7.96. The first-order chi connectivity index (χ1) is 37.7. The first kappa shape index (κ1) is 40.7. The summed E-state index contributed by atoms with van der Waals surface area (Å²) >= 11 is 0. The van der Waals surface area contributed by atoms with Gasteiger partial charge in [-0.3, -0.25) is 4.98 Å². The van der Waals surface area contributed by atoms with Gasteiger partial charge in [0, 0.05) is 66.4 Å². The molecule has 17 aromatic rings. The molecule has 9 heteroatoms. The lowest BCUT2D eigenvalue weighted by molar-refractivity contribution is 0.672. The molecule has 17 rings (SSSR count). The van der Waals surface area contributed by atoms with Crippen LogP contribution in [-0.4, -0.2) is 18.7 Å². The molecule has 0 fully saturated rings. The van der Waals surface area contributed by atoms with Crippen LogP contribution < -0.4 is 0 Å². The monoisotopic (exact) mass is 970 g/mol. The van der Waals surface area contributed by atoms with Crippen LogP contribution in [0, 0.1) is 17.9 Å². The van der Waals surface area contributed by atoms with E-state index in [9.17, 15) is 11.8 Å². The molecule has 0 bridgehead atoms. The molecule has 7 heterocycles. The van der Waals surface area contributed by atoms with Crippen molar-refractivity contribution in [1.82, 2.24) is 18.7 Å². The molecule has 76 heavy (non-hydrogen) atoms. The average molecular weight is 971 g/mol. The van der Waals surface area contributed by atoms with Gasteiger partial charge in [0.05, 0.1) is 84.5 Å². The maximum absolute atomic E-state index is 12.2. The fourth-order valence-corrected chi connectivity index (χ4v) is 12.8. The van der Waals surface area contributed by atoms with Crippen LogP contribution in [0.2, 0.25) is 0 Å². The number of rotatable bonds is 4. The van der Waals surface area contributed by atoms with Crippen molar-refractivity contribution in [3.8, 4) is 34.3 Å². The van der Waals surface area contributed by atoms with Crippen LogP contribution in [0.5, 0.6) is 0 Å². The van der Waals surface area contributed by atoms with Crippen molar-refractivity contribution < 1.29 is 13.3 Å². The highest BCUT2D eigenvalue weighted by Gasteiger charge is 2.34. The van der Waals surface area contributed by atoms with Gasteiger partial charge in [0.1, 0.15) is 33.5 Å². The van der Waals surface area contributed by atoms with E-state index in [1.807, 2.05) is 91.0 Å². The molecule has 0 spiro atoms. The second-order valence-electron chi connectivity index (χ2n) is 19.5. The zero-order chi connectivity index (χ0) is 49.9. The largest absolute Gasteiger partial charge is 0.455 e. The van der Waals surface area contributed by atoms with Gasteiger partial charge in [-0.15, -0.1) is 0 Å². The highest BCUT2D eigenvalue weighted by atomic mass is 16.3. The van der Waals surface area contributed by atoms with Gasteiger partial charge in [-0.25, -0.2) is 4.85 Å². The number of nitrogens with zero attached hydrogens (tertiary/aromatic N) is 6. The topological polar surface area (TPSA) is 95.2 Å². The summed E-state index contributed by atoms with van der Waals surface area (Å²) in [6.07, 6.45) is 3.59. The third kappa shape index (κ3) is 5.12. The van der Waals surface area contributed by atoms with Gasteiger partial charge in [-0.1, -0.05) is 109 Å². The summed E-state index contributed by atoms with van der Waals surface area (Å²) in [6, 6.07) is 68.9. The number of aromatic nitrogens is 4. The molecule has 0 N–H and O–H groups in total. The SMILES string of the molecule is [C-]#[N+]c1c(C#N)c(-n2c3ccccc3c3c4oc5ccccc5c4ccc32)c(-c2ccncc2)c(-n2c3ccccc3c3c4oc5ccccc5c4ccc32)c1-n1c2ccccc2c2c3oc4ccccc4c3ccc21. The number of fused-ring (bicyclic) bond motifs is 21. The zero-order valence-electron chi connectivity index (χ0n) is 40.0. The molecule has 0 saturated carbocycles. The first-order valence-electron chi connectivity index (χ1n) is 25.1. The summed E-state index contributed by atoms with van der Waals surface area (Å²) in [5, 5.41) is 23.8. The van der Waals surface area contributed by atoms with Gasteiger partial charge in [-0.2, -0.15) is 5.26 Å². The highest BCUT2D eigenvalue weighted by Crippen LogP contribution is 2.54. The Morgan fingerprint density at radius 2 is 0.750 bits per heavy atom. The van der Waals surface area contributed by atoms with Crippen molar-refractivity contribution in [3.63, 3.8) is 0 Å². The molecule has 0 aliphatic heterocycles. The Morgan fingerprint density at radius 3 is 1.16 bits per heavy atom. The molecule has 10 aromatic carbocycles. The minimum absolute atomic E-state index is 0.184. The van der Waals surface area contributed by atoms with Crippen molar-refractivity contribution in [2.75, 3.05) is 0 Å². The molecule has 350 valence electrons. The van der Waals surface area contributed by atoms with E-state index in [4.69, 9.17) is 13.3 Å². The van der Waals surface area contributed by atoms with Crippen LogP contribution >= 0.6 is 0 Å². The summed E-state index contributed by atoms with van der Waals surface area (Å²) in [5.41, 5.74) is 13.4. The third-order valence-corrected chi connectivity index (χ3v) is 15.8. The summed E-state index contributed by atoms with van der Waals surface area (Å²) in [6.45, 7) is 9.55. The van der Waals surface area contributed by atoms with E-state index in [0.717, 1.165) is 142 Å². The average Bonchev–Trinajstić information content (AvgIpc) is 4.48. The van der Waals surface area contributed by atoms with Crippen LogP contribution in [0.4, 0.5) is 5.69 Å². The van der Waals surface area contributed by atoms with E-state index < -0.39 is 0 Å². The number of nitriles is 1. The Labute approximate surface area is 429 Å². The molecule has 0 atom stereocenters. The van der Waals surface area contributed by atoms with E-state index in [1.165, 1.54) is 0 Å². The number of pyridine rings is 1. The lowest BCUT2D eigenvalue weighted by atomic mass is 9.94. The lowest BCUT2D eigenvalue weighted by Gasteiger charge is -2.27. The number of furan rings is 3. The van der Waals surface area contributed by atoms with E-state index in [1.54, 1.807) is 12.4 Å². The second-order valence-corrected chi connectivity index (χ2v) is 19.5. The Hall–Kier alpha value is -10.9.